The number of anilines is 1. The summed E-state index contributed by atoms with van der Waals surface area (Å²) in [5.41, 5.74) is 0.709. The topological polar surface area (TPSA) is 39.1 Å². The molecule has 0 aliphatic carbocycles. The molecule has 3 nitrogen and oxygen atoms in total. The first kappa shape index (κ1) is 11.9. The van der Waals surface area contributed by atoms with Crippen LogP contribution >= 0.6 is 0 Å². The summed E-state index contributed by atoms with van der Waals surface area (Å²) in [6.45, 7) is 2.97. The summed E-state index contributed by atoms with van der Waals surface area (Å²) in [6, 6.07) is 6.59. The van der Waals surface area contributed by atoms with Gasteiger partial charge < -0.3 is 10.2 Å². The third kappa shape index (κ3) is 2.75. The second-order valence-electron chi connectivity index (χ2n) is 4.57. The summed E-state index contributed by atoms with van der Waals surface area (Å²) in [5, 5.41) is 12.1. The smallest absolute Gasteiger partial charge is 0.143 e. The van der Waals surface area contributed by atoms with E-state index < -0.39 is 5.82 Å². The van der Waals surface area contributed by atoms with E-state index in [0.717, 1.165) is 26.1 Å². The van der Waals surface area contributed by atoms with Gasteiger partial charge in [0.2, 0.25) is 0 Å². The summed E-state index contributed by atoms with van der Waals surface area (Å²) in [7, 11) is 2.10. The van der Waals surface area contributed by atoms with Crippen LogP contribution in [-0.4, -0.2) is 31.6 Å². The Balaban J connectivity index is 2.00. The van der Waals surface area contributed by atoms with Crippen molar-refractivity contribution >= 4 is 5.69 Å². The first-order valence-corrected chi connectivity index (χ1v) is 5.81. The summed E-state index contributed by atoms with van der Waals surface area (Å²) in [4.78, 5) is 2.28. The fourth-order valence-corrected chi connectivity index (χ4v) is 2.23. The SMILES string of the molecule is CN1CCC(CNc2cccc(F)c2C#N)C1. The lowest BCUT2D eigenvalue weighted by atomic mass is 10.1. The van der Waals surface area contributed by atoms with Crippen LogP contribution < -0.4 is 5.32 Å². The third-order valence-electron chi connectivity index (χ3n) is 3.20. The van der Waals surface area contributed by atoms with Gasteiger partial charge in [-0.3, -0.25) is 0 Å². The molecule has 2 rings (SSSR count). The van der Waals surface area contributed by atoms with Crippen LogP contribution in [0.1, 0.15) is 12.0 Å². The molecule has 90 valence electrons. The Labute approximate surface area is 101 Å². The maximum Gasteiger partial charge on any atom is 0.143 e. The molecular weight excluding hydrogens is 217 g/mol. The molecule has 1 aliphatic heterocycles. The van der Waals surface area contributed by atoms with Gasteiger partial charge in [-0.2, -0.15) is 5.26 Å². The van der Waals surface area contributed by atoms with Gasteiger partial charge >= 0.3 is 0 Å². The number of rotatable bonds is 3. The lowest BCUT2D eigenvalue weighted by Gasteiger charge is -2.13. The molecule has 0 saturated carbocycles. The van der Waals surface area contributed by atoms with Crippen LogP contribution in [0.3, 0.4) is 0 Å². The van der Waals surface area contributed by atoms with E-state index in [9.17, 15) is 4.39 Å². The van der Waals surface area contributed by atoms with Crippen molar-refractivity contribution in [2.24, 2.45) is 5.92 Å². The molecule has 1 heterocycles. The fraction of sp³-hybridized carbons (Fsp3) is 0.462. The lowest BCUT2D eigenvalue weighted by molar-refractivity contribution is 0.399. The number of likely N-dealkylation sites (tertiary alicyclic amines) is 1. The van der Waals surface area contributed by atoms with Crippen LogP contribution in [0.2, 0.25) is 0 Å². The summed E-state index contributed by atoms with van der Waals surface area (Å²) < 4.78 is 13.3. The van der Waals surface area contributed by atoms with Crippen LogP contribution in [0.4, 0.5) is 10.1 Å². The molecule has 0 aromatic heterocycles. The minimum Gasteiger partial charge on any atom is -0.384 e. The number of halogens is 1. The Morgan fingerprint density at radius 3 is 3.06 bits per heavy atom. The lowest BCUT2D eigenvalue weighted by Crippen LogP contribution is -2.19. The second kappa shape index (κ2) is 5.15. The standard InChI is InChI=1S/C13H16FN3/c1-17-6-5-10(9-17)8-16-13-4-2-3-12(14)11(13)7-15/h2-4,10,16H,5-6,8-9H2,1H3. The highest BCUT2D eigenvalue weighted by atomic mass is 19.1. The molecule has 1 fully saturated rings. The maximum absolute atomic E-state index is 13.3. The van der Waals surface area contributed by atoms with Crippen molar-refractivity contribution in [1.82, 2.24) is 4.90 Å². The largest absolute Gasteiger partial charge is 0.384 e. The molecule has 1 aromatic carbocycles. The van der Waals surface area contributed by atoms with Crippen molar-refractivity contribution in [3.63, 3.8) is 0 Å². The van der Waals surface area contributed by atoms with Gasteiger partial charge in [-0.25, -0.2) is 4.39 Å². The first-order chi connectivity index (χ1) is 8.20. The van der Waals surface area contributed by atoms with E-state index in [1.54, 1.807) is 12.1 Å². The van der Waals surface area contributed by atoms with E-state index in [1.165, 1.54) is 6.07 Å². The Kier molecular flexibility index (Phi) is 3.60. The van der Waals surface area contributed by atoms with Crippen LogP contribution in [-0.2, 0) is 0 Å². The molecule has 0 radical (unpaired) electrons. The molecular formula is C13H16FN3. The minimum absolute atomic E-state index is 0.110. The second-order valence-corrected chi connectivity index (χ2v) is 4.57. The predicted octanol–water partition coefficient (Wildman–Crippen LogP) is 2.06. The summed E-state index contributed by atoms with van der Waals surface area (Å²) in [5.74, 6) is 0.121. The highest BCUT2D eigenvalue weighted by Gasteiger charge is 2.19. The maximum atomic E-state index is 13.3. The number of nitriles is 1. The average molecular weight is 233 g/mol. The molecule has 0 spiro atoms. The quantitative estimate of drug-likeness (QED) is 0.868. The Hall–Kier alpha value is -1.60. The molecule has 1 aliphatic rings. The van der Waals surface area contributed by atoms with Crippen LogP contribution in [0.5, 0.6) is 0 Å². The monoisotopic (exact) mass is 233 g/mol. The van der Waals surface area contributed by atoms with E-state index in [2.05, 4.69) is 17.3 Å². The summed E-state index contributed by atoms with van der Waals surface area (Å²) in [6.07, 6.45) is 1.15. The molecule has 1 atom stereocenters. The van der Waals surface area contributed by atoms with Gasteiger partial charge in [0.1, 0.15) is 17.4 Å². The zero-order valence-corrected chi connectivity index (χ0v) is 9.91. The van der Waals surface area contributed by atoms with E-state index >= 15 is 0 Å². The van der Waals surface area contributed by atoms with Gasteiger partial charge in [0, 0.05) is 13.1 Å². The summed E-state index contributed by atoms with van der Waals surface area (Å²) >= 11 is 0. The minimum atomic E-state index is -0.457. The molecule has 1 aromatic rings. The Morgan fingerprint density at radius 1 is 1.59 bits per heavy atom. The predicted molar refractivity (Wildman–Crippen MR) is 65.2 cm³/mol. The van der Waals surface area contributed by atoms with Gasteiger partial charge in [-0.15, -0.1) is 0 Å². The number of hydrogen-bond donors (Lipinski definition) is 1. The molecule has 0 amide bonds. The number of hydrogen-bond acceptors (Lipinski definition) is 3. The van der Waals surface area contributed by atoms with Gasteiger partial charge in [0.25, 0.3) is 0 Å². The van der Waals surface area contributed by atoms with E-state index in [4.69, 9.17) is 5.26 Å². The highest BCUT2D eigenvalue weighted by molar-refractivity contribution is 5.57. The van der Waals surface area contributed by atoms with Crippen LogP contribution in [0.15, 0.2) is 18.2 Å². The van der Waals surface area contributed by atoms with E-state index in [-0.39, 0.29) is 5.56 Å². The first-order valence-electron chi connectivity index (χ1n) is 5.81. The van der Waals surface area contributed by atoms with Gasteiger partial charge in [0.15, 0.2) is 0 Å². The van der Waals surface area contributed by atoms with Crippen molar-refractivity contribution in [2.45, 2.75) is 6.42 Å². The van der Waals surface area contributed by atoms with Crippen molar-refractivity contribution in [2.75, 3.05) is 32.0 Å². The number of nitrogens with one attached hydrogen (secondary N) is 1. The molecule has 17 heavy (non-hydrogen) atoms. The van der Waals surface area contributed by atoms with Crippen molar-refractivity contribution in [1.29, 1.82) is 5.26 Å². The van der Waals surface area contributed by atoms with Crippen molar-refractivity contribution in [3.05, 3.63) is 29.6 Å². The van der Waals surface area contributed by atoms with Crippen molar-refractivity contribution in [3.8, 4) is 6.07 Å². The fourth-order valence-electron chi connectivity index (χ4n) is 2.23. The zero-order valence-electron chi connectivity index (χ0n) is 9.91. The van der Waals surface area contributed by atoms with Crippen LogP contribution in [0.25, 0.3) is 0 Å². The van der Waals surface area contributed by atoms with Gasteiger partial charge in [0.05, 0.1) is 5.69 Å². The van der Waals surface area contributed by atoms with E-state index in [1.807, 2.05) is 6.07 Å². The normalized spacial score (nSPS) is 20.2. The molecule has 1 N–H and O–H groups in total. The number of nitrogens with zero attached hydrogens (tertiary/aromatic N) is 2. The Morgan fingerprint density at radius 2 is 2.41 bits per heavy atom. The Bertz CT molecular complexity index is 439. The average Bonchev–Trinajstić information content (AvgIpc) is 2.72. The molecule has 0 bridgehead atoms. The van der Waals surface area contributed by atoms with Crippen LogP contribution in [0, 0.1) is 23.1 Å². The molecule has 1 unspecified atom stereocenters. The van der Waals surface area contributed by atoms with Gasteiger partial charge in [-0.1, -0.05) is 6.07 Å². The zero-order chi connectivity index (χ0) is 12.3. The molecule has 1 saturated heterocycles. The number of benzene rings is 1. The van der Waals surface area contributed by atoms with E-state index in [0.29, 0.717) is 11.6 Å². The third-order valence-corrected chi connectivity index (χ3v) is 3.20. The van der Waals surface area contributed by atoms with Crippen molar-refractivity contribution < 1.29 is 4.39 Å². The molecule has 4 heteroatoms. The highest BCUT2D eigenvalue weighted by Crippen LogP contribution is 2.20. The van der Waals surface area contributed by atoms with Gasteiger partial charge in [-0.05, 0) is 38.1 Å².